The highest BCUT2D eigenvalue weighted by molar-refractivity contribution is 5.35. The average Bonchev–Trinajstić information content (AvgIpc) is 3.03. The van der Waals surface area contributed by atoms with E-state index in [1.54, 1.807) is 0 Å². The maximum atomic E-state index is 15.3. The van der Waals surface area contributed by atoms with Crippen molar-refractivity contribution in [2.45, 2.75) is 109 Å². The summed E-state index contributed by atoms with van der Waals surface area (Å²) in [6, 6.07) is 5.72. The number of alkyl halides is 5. The zero-order valence-electron chi connectivity index (χ0n) is 26.4. The fourth-order valence-corrected chi connectivity index (χ4v) is 7.48. The molecule has 0 unspecified atom stereocenters. The van der Waals surface area contributed by atoms with Gasteiger partial charge in [-0.3, -0.25) is 0 Å². The molecule has 1 saturated heterocycles. The van der Waals surface area contributed by atoms with Gasteiger partial charge in [-0.05, 0) is 87.2 Å². The summed E-state index contributed by atoms with van der Waals surface area (Å²) in [7, 11) is 0. The number of halogens is 8. The monoisotopic (exact) mass is 678 g/mol. The first-order valence-electron chi connectivity index (χ1n) is 16.7. The number of hydrogen-bond donors (Lipinski definition) is 0. The van der Waals surface area contributed by atoms with Gasteiger partial charge < -0.3 is 18.9 Å². The minimum atomic E-state index is -5.36. The molecular formula is C35H42F8O4. The van der Waals surface area contributed by atoms with Crippen molar-refractivity contribution >= 4 is 0 Å². The van der Waals surface area contributed by atoms with Gasteiger partial charge >= 0.3 is 12.5 Å². The van der Waals surface area contributed by atoms with Crippen molar-refractivity contribution in [1.82, 2.24) is 0 Å². The third-order valence-corrected chi connectivity index (χ3v) is 10.0. The largest absolute Gasteiger partial charge is 0.573 e. The molecule has 2 aromatic carbocycles. The van der Waals surface area contributed by atoms with E-state index in [0.29, 0.717) is 49.0 Å². The van der Waals surface area contributed by atoms with Gasteiger partial charge in [-0.2, -0.15) is 8.78 Å². The molecule has 0 radical (unpaired) electrons. The van der Waals surface area contributed by atoms with Crippen molar-refractivity contribution in [2.75, 3.05) is 13.2 Å². The average molecular weight is 679 g/mol. The standard InChI is InChI=1S/C35H42F8O4/c1-2-3-4-5-21-19-44-33(45-20-21)25-12-15-28(29(36)16-25)24-8-6-22(7-9-24)23-10-13-26(14-11-23)34(39,40)46-27-17-30(37)32(31(38)18-27)47-35(41,42)43/h12,15-18,21-24,26,33H,2-11,13-14,19-20H2,1H3. The highest BCUT2D eigenvalue weighted by Crippen LogP contribution is 2.47. The third kappa shape index (κ3) is 9.31. The molecule has 5 rings (SSSR count). The van der Waals surface area contributed by atoms with Crippen molar-refractivity contribution < 1.29 is 54.1 Å². The van der Waals surface area contributed by atoms with Crippen LogP contribution in [0.4, 0.5) is 35.1 Å². The van der Waals surface area contributed by atoms with Gasteiger partial charge in [0.15, 0.2) is 17.9 Å². The molecule has 0 spiro atoms. The van der Waals surface area contributed by atoms with Gasteiger partial charge in [0.05, 0.1) is 19.1 Å². The molecule has 0 amide bonds. The lowest BCUT2D eigenvalue weighted by molar-refractivity contribution is -0.276. The summed E-state index contributed by atoms with van der Waals surface area (Å²) in [5.74, 6) is -6.79. The van der Waals surface area contributed by atoms with E-state index in [1.165, 1.54) is 12.5 Å². The number of ether oxygens (including phenoxy) is 4. The molecule has 0 aromatic heterocycles. The van der Waals surface area contributed by atoms with Gasteiger partial charge in [0.25, 0.3) is 0 Å². The number of rotatable bonds is 11. The third-order valence-electron chi connectivity index (χ3n) is 10.0. The lowest BCUT2D eigenvalue weighted by Crippen LogP contribution is -2.38. The number of hydrogen-bond acceptors (Lipinski definition) is 4. The molecule has 0 N–H and O–H groups in total. The van der Waals surface area contributed by atoms with Crippen LogP contribution >= 0.6 is 0 Å². The normalized spacial score (nSPS) is 27.4. The fraction of sp³-hybridized carbons (Fsp3) is 0.657. The predicted molar refractivity (Wildman–Crippen MR) is 157 cm³/mol. The SMILES string of the molecule is CCCCCC1COC(c2ccc(C3CCC(C4CCC(C(F)(F)Oc5cc(F)c(OC(F)(F)F)c(F)c5)CC4)CC3)c(F)c2)OC1. The van der Waals surface area contributed by atoms with Crippen molar-refractivity contribution in [3.8, 4) is 11.5 Å². The van der Waals surface area contributed by atoms with Gasteiger partial charge in [0.2, 0.25) is 5.75 Å². The van der Waals surface area contributed by atoms with Crippen LogP contribution in [0.1, 0.15) is 107 Å². The molecule has 3 fully saturated rings. The summed E-state index contributed by atoms with van der Waals surface area (Å²) in [6.07, 6.45) is -0.554. The van der Waals surface area contributed by atoms with E-state index in [1.807, 2.05) is 12.1 Å². The molecule has 2 saturated carbocycles. The molecule has 0 atom stereocenters. The van der Waals surface area contributed by atoms with Crippen molar-refractivity contribution in [2.24, 2.45) is 23.7 Å². The van der Waals surface area contributed by atoms with Gasteiger partial charge in [-0.25, -0.2) is 13.2 Å². The Morgan fingerprint density at radius 1 is 0.723 bits per heavy atom. The first-order valence-corrected chi connectivity index (χ1v) is 16.7. The van der Waals surface area contributed by atoms with E-state index in [-0.39, 0.29) is 42.6 Å². The summed E-state index contributed by atoms with van der Waals surface area (Å²) in [6.45, 7) is 3.37. The van der Waals surface area contributed by atoms with Gasteiger partial charge in [0.1, 0.15) is 11.6 Å². The highest BCUT2D eigenvalue weighted by atomic mass is 19.4. The summed E-state index contributed by atoms with van der Waals surface area (Å²) in [5, 5.41) is 0. The molecule has 3 aliphatic rings. The second-order valence-electron chi connectivity index (χ2n) is 13.3. The Labute approximate surface area is 270 Å². The van der Waals surface area contributed by atoms with Crippen LogP contribution in [0.3, 0.4) is 0 Å². The summed E-state index contributed by atoms with van der Waals surface area (Å²) in [5.41, 5.74) is 1.35. The molecule has 1 aliphatic heterocycles. The van der Waals surface area contributed by atoms with Crippen molar-refractivity contribution in [3.63, 3.8) is 0 Å². The minimum absolute atomic E-state index is 0.0687. The van der Waals surface area contributed by atoms with E-state index in [2.05, 4.69) is 16.4 Å². The summed E-state index contributed by atoms with van der Waals surface area (Å²) in [4.78, 5) is 0. The maximum absolute atomic E-state index is 15.3. The van der Waals surface area contributed by atoms with Crippen LogP contribution in [0.15, 0.2) is 30.3 Å². The van der Waals surface area contributed by atoms with E-state index >= 15 is 4.39 Å². The Kier molecular flexibility index (Phi) is 11.6. The maximum Gasteiger partial charge on any atom is 0.573 e. The molecular weight excluding hydrogens is 636 g/mol. The Hall–Kier alpha value is -2.60. The molecule has 0 bridgehead atoms. The van der Waals surface area contributed by atoms with E-state index in [4.69, 9.17) is 9.47 Å². The highest BCUT2D eigenvalue weighted by Gasteiger charge is 2.45. The zero-order valence-corrected chi connectivity index (χ0v) is 26.4. The predicted octanol–water partition coefficient (Wildman–Crippen LogP) is 11.0. The first kappa shape index (κ1) is 35.7. The summed E-state index contributed by atoms with van der Waals surface area (Å²) >= 11 is 0. The van der Waals surface area contributed by atoms with Crippen LogP contribution in [0.25, 0.3) is 0 Å². The Morgan fingerprint density at radius 3 is 1.87 bits per heavy atom. The Balaban J connectivity index is 1.08. The molecule has 2 aromatic rings. The van der Waals surface area contributed by atoms with Gasteiger partial charge in [-0.15, -0.1) is 13.2 Å². The molecule has 2 aliphatic carbocycles. The number of unbranched alkanes of at least 4 members (excludes halogenated alkanes) is 2. The molecule has 4 nitrogen and oxygen atoms in total. The minimum Gasteiger partial charge on any atom is -0.432 e. The van der Waals surface area contributed by atoms with Crippen LogP contribution in [0.2, 0.25) is 0 Å². The van der Waals surface area contributed by atoms with Crippen LogP contribution in [0.5, 0.6) is 11.5 Å². The van der Waals surface area contributed by atoms with E-state index < -0.39 is 47.8 Å². The van der Waals surface area contributed by atoms with Crippen LogP contribution in [-0.2, 0) is 9.47 Å². The smallest absolute Gasteiger partial charge is 0.432 e. The van der Waals surface area contributed by atoms with Gasteiger partial charge in [-0.1, -0.05) is 38.3 Å². The lowest BCUT2D eigenvalue weighted by atomic mass is 9.68. The van der Waals surface area contributed by atoms with Crippen molar-refractivity contribution in [1.29, 1.82) is 0 Å². The lowest BCUT2D eigenvalue weighted by Gasteiger charge is -2.39. The van der Waals surface area contributed by atoms with Gasteiger partial charge in [0, 0.05) is 23.6 Å². The van der Waals surface area contributed by atoms with Crippen LogP contribution < -0.4 is 9.47 Å². The zero-order chi connectivity index (χ0) is 33.8. The second-order valence-corrected chi connectivity index (χ2v) is 13.3. The van der Waals surface area contributed by atoms with E-state index in [9.17, 15) is 30.7 Å². The molecule has 1 heterocycles. The molecule has 47 heavy (non-hydrogen) atoms. The Morgan fingerprint density at radius 2 is 1.32 bits per heavy atom. The number of benzene rings is 2. The second kappa shape index (κ2) is 15.3. The first-order chi connectivity index (χ1) is 22.3. The van der Waals surface area contributed by atoms with Crippen molar-refractivity contribution in [3.05, 3.63) is 58.9 Å². The Bertz CT molecular complexity index is 1290. The quantitative estimate of drug-likeness (QED) is 0.175. The molecule has 12 heteroatoms. The topological polar surface area (TPSA) is 36.9 Å². The van der Waals surface area contributed by atoms with Crippen LogP contribution in [-0.4, -0.2) is 25.7 Å². The van der Waals surface area contributed by atoms with E-state index in [0.717, 1.165) is 44.9 Å². The molecule has 262 valence electrons. The summed E-state index contributed by atoms with van der Waals surface area (Å²) < 4.78 is 130. The van der Waals surface area contributed by atoms with Crippen LogP contribution in [0, 0.1) is 41.1 Å². The fourth-order valence-electron chi connectivity index (χ4n) is 7.48.